The SMILES string of the molecule is COc1ccc(CNC(=O)Nc2ccc(C)cc2OCc2ccccc2)cc1OC. The van der Waals surface area contributed by atoms with Crippen molar-refractivity contribution >= 4 is 11.7 Å². The average Bonchev–Trinajstić information content (AvgIpc) is 2.78. The number of amides is 2. The van der Waals surface area contributed by atoms with Gasteiger partial charge in [0.1, 0.15) is 12.4 Å². The van der Waals surface area contributed by atoms with Gasteiger partial charge in [-0.15, -0.1) is 0 Å². The van der Waals surface area contributed by atoms with Crippen LogP contribution in [0.25, 0.3) is 0 Å². The van der Waals surface area contributed by atoms with E-state index in [0.29, 0.717) is 36.1 Å². The van der Waals surface area contributed by atoms with Crippen LogP contribution in [0.1, 0.15) is 16.7 Å². The number of aryl methyl sites for hydroxylation is 1. The number of hydrogen-bond donors (Lipinski definition) is 2. The molecule has 0 aliphatic carbocycles. The summed E-state index contributed by atoms with van der Waals surface area (Å²) in [6.45, 7) is 2.75. The van der Waals surface area contributed by atoms with E-state index in [2.05, 4.69) is 10.6 Å². The first-order chi connectivity index (χ1) is 14.6. The van der Waals surface area contributed by atoms with Crippen molar-refractivity contribution in [2.75, 3.05) is 19.5 Å². The highest BCUT2D eigenvalue weighted by Gasteiger charge is 2.10. The van der Waals surface area contributed by atoms with E-state index >= 15 is 0 Å². The molecule has 3 rings (SSSR count). The van der Waals surface area contributed by atoms with Gasteiger partial charge >= 0.3 is 6.03 Å². The van der Waals surface area contributed by atoms with Crippen LogP contribution < -0.4 is 24.8 Å². The van der Waals surface area contributed by atoms with E-state index in [0.717, 1.165) is 16.7 Å². The van der Waals surface area contributed by atoms with E-state index in [4.69, 9.17) is 14.2 Å². The van der Waals surface area contributed by atoms with Crippen LogP contribution in [0.5, 0.6) is 17.2 Å². The highest BCUT2D eigenvalue weighted by atomic mass is 16.5. The largest absolute Gasteiger partial charge is 0.493 e. The van der Waals surface area contributed by atoms with E-state index in [1.807, 2.05) is 73.7 Å². The number of carbonyl (C=O) groups excluding carboxylic acids is 1. The zero-order chi connectivity index (χ0) is 21.3. The van der Waals surface area contributed by atoms with Gasteiger partial charge in [-0.25, -0.2) is 4.79 Å². The number of hydrogen-bond acceptors (Lipinski definition) is 4. The summed E-state index contributed by atoms with van der Waals surface area (Å²) in [6.07, 6.45) is 0. The molecule has 0 spiro atoms. The smallest absolute Gasteiger partial charge is 0.319 e. The van der Waals surface area contributed by atoms with Gasteiger partial charge in [0.25, 0.3) is 0 Å². The topological polar surface area (TPSA) is 68.8 Å². The van der Waals surface area contributed by atoms with Crippen LogP contribution >= 0.6 is 0 Å². The summed E-state index contributed by atoms with van der Waals surface area (Å²) in [6, 6.07) is 20.8. The quantitative estimate of drug-likeness (QED) is 0.558. The summed E-state index contributed by atoms with van der Waals surface area (Å²) in [4.78, 5) is 12.4. The highest BCUT2D eigenvalue weighted by molar-refractivity contribution is 5.91. The molecule has 30 heavy (non-hydrogen) atoms. The first-order valence-corrected chi connectivity index (χ1v) is 9.62. The van der Waals surface area contributed by atoms with E-state index in [1.165, 1.54) is 0 Å². The lowest BCUT2D eigenvalue weighted by atomic mass is 10.2. The van der Waals surface area contributed by atoms with Crippen molar-refractivity contribution in [3.63, 3.8) is 0 Å². The molecule has 0 bridgehead atoms. The van der Waals surface area contributed by atoms with E-state index < -0.39 is 0 Å². The van der Waals surface area contributed by atoms with Crippen LogP contribution in [0.15, 0.2) is 66.7 Å². The van der Waals surface area contributed by atoms with Gasteiger partial charge in [0.15, 0.2) is 11.5 Å². The number of nitrogens with one attached hydrogen (secondary N) is 2. The zero-order valence-electron chi connectivity index (χ0n) is 17.4. The molecule has 0 aliphatic heterocycles. The molecular weight excluding hydrogens is 380 g/mol. The Bertz CT molecular complexity index is 990. The molecule has 0 saturated heterocycles. The van der Waals surface area contributed by atoms with Gasteiger partial charge in [-0.05, 0) is 47.9 Å². The molecule has 0 saturated carbocycles. The lowest BCUT2D eigenvalue weighted by Gasteiger charge is -2.14. The molecule has 6 heteroatoms. The number of carbonyl (C=O) groups is 1. The minimum Gasteiger partial charge on any atom is -0.493 e. The Hall–Kier alpha value is -3.67. The number of methoxy groups -OCH3 is 2. The molecule has 0 heterocycles. The fourth-order valence-electron chi connectivity index (χ4n) is 2.93. The van der Waals surface area contributed by atoms with Gasteiger partial charge in [0.2, 0.25) is 0 Å². The second-order valence-electron chi connectivity index (χ2n) is 6.77. The molecule has 0 aromatic heterocycles. The monoisotopic (exact) mass is 406 g/mol. The van der Waals surface area contributed by atoms with Gasteiger partial charge in [0, 0.05) is 6.54 Å². The Kier molecular flexibility index (Phi) is 7.16. The molecule has 3 aromatic rings. The maximum absolute atomic E-state index is 12.4. The third-order valence-corrected chi connectivity index (χ3v) is 4.52. The predicted octanol–water partition coefficient (Wildman–Crippen LogP) is 4.91. The van der Waals surface area contributed by atoms with Crippen molar-refractivity contribution in [1.29, 1.82) is 0 Å². The molecule has 6 nitrogen and oxygen atoms in total. The van der Waals surface area contributed by atoms with Crippen LogP contribution in [0.2, 0.25) is 0 Å². The standard InChI is InChI=1S/C24H26N2O4/c1-17-9-11-20(22(13-17)30-16-18-7-5-4-6-8-18)26-24(27)25-15-19-10-12-21(28-2)23(14-19)29-3/h4-14H,15-16H2,1-3H3,(H2,25,26,27). The van der Waals surface area contributed by atoms with Crippen LogP contribution in [-0.4, -0.2) is 20.3 Å². The summed E-state index contributed by atoms with van der Waals surface area (Å²) in [5.41, 5.74) is 3.62. The normalized spacial score (nSPS) is 10.2. The molecule has 2 amide bonds. The lowest BCUT2D eigenvalue weighted by molar-refractivity contribution is 0.251. The maximum atomic E-state index is 12.4. The molecule has 2 N–H and O–H groups in total. The van der Waals surface area contributed by atoms with E-state index in [1.54, 1.807) is 14.2 Å². The lowest BCUT2D eigenvalue weighted by Crippen LogP contribution is -2.28. The Morgan fingerprint density at radius 3 is 2.33 bits per heavy atom. The van der Waals surface area contributed by atoms with Gasteiger partial charge in [-0.3, -0.25) is 0 Å². The summed E-state index contributed by atoms with van der Waals surface area (Å²) in [7, 11) is 3.17. The van der Waals surface area contributed by atoms with Gasteiger partial charge in [-0.2, -0.15) is 0 Å². The molecule has 0 aliphatic rings. The van der Waals surface area contributed by atoms with Crippen LogP contribution in [0.4, 0.5) is 10.5 Å². The van der Waals surface area contributed by atoms with Crippen LogP contribution in [-0.2, 0) is 13.2 Å². The molecule has 0 radical (unpaired) electrons. The molecule has 3 aromatic carbocycles. The molecular formula is C24H26N2O4. The van der Waals surface area contributed by atoms with Gasteiger partial charge in [0.05, 0.1) is 19.9 Å². The van der Waals surface area contributed by atoms with Crippen LogP contribution in [0.3, 0.4) is 0 Å². The Labute approximate surface area is 176 Å². The van der Waals surface area contributed by atoms with Crippen LogP contribution in [0, 0.1) is 6.92 Å². The summed E-state index contributed by atoms with van der Waals surface area (Å²) in [5, 5.41) is 5.71. The molecule has 0 unspecified atom stereocenters. The second-order valence-corrected chi connectivity index (χ2v) is 6.77. The average molecular weight is 406 g/mol. The molecule has 0 fully saturated rings. The van der Waals surface area contributed by atoms with Gasteiger partial charge < -0.3 is 24.8 Å². The summed E-state index contributed by atoms with van der Waals surface area (Å²) >= 11 is 0. The van der Waals surface area contributed by atoms with Gasteiger partial charge in [-0.1, -0.05) is 42.5 Å². The minimum absolute atomic E-state index is 0.321. The van der Waals surface area contributed by atoms with Crippen molar-refractivity contribution in [2.45, 2.75) is 20.1 Å². The second kappa shape index (κ2) is 10.2. The number of rotatable bonds is 8. The number of ether oxygens (including phenoxy) is 3. The van der Waals surface area contributed by atoms with E-state index in [-0.39, 0.29) is 6.03 Å². The Balaban J connectivity index is 1.62. The first-order valence-electron chi connectivity index (χ1n) is 9.62. The molecule has 0 atom stereocenters. The fourth-order valence-corrected chi connectivity index (χ4v) is 2.93. The number of anilines is 1. The van der Waals surface area contributed by atoms with Crippen molar-refractivity contribution in [1.82, 2.24) is 5.32 Å². The zero-order valence-corrected chi connectivity index (χ0v) is 17.4. The first kappa shape index (κ1) is 21.0. The van der Waals surface area contributed by atoms with Crippen molar-refractivity contribution < 1.29 is 19.0 Å². The van der Waals surface area contributed by atoms with E-state index in [9.17, 15) is 4.79 Å². The van der Waals surface area contributed by atoms with Crippen molar-refractivity contribution in [3.05, 3.63) is 83.4 Å². The Morgan fingerprint density at radius 2 is 1.60 bits per heavy atom. The Morgan fingerprint density at radius 1 is 0.833 bits per heavy atom. The minimum atomic E-state index is -0.321. The predicted molar refractivity (Wildman–Crippen MR) is 117 cm³/mol. The number of urea groups is 1. The highest BCUT2D eigenvalue weighted by Crippen LogP contribution is 2.28. The van der Waals surface area contributed by atoms with Crippen molar-refractivity contribution in [2.24, 2.45) is 0 Å². The summed E-state index contributed by atoms with van der Waals surface area (Å²) < 4.78 is 16.5. The maximum Gasteiger partial charge on any atom is 0.319 e. The summed E-state index contributed by atoms with van der Waals surface area (Å²) in [5.74, 6) is 1.89. The fraction of sp³-hybridized carbons (Fsp3) is 0.208. The third kappa shape index (κ3) is 5.67. The van der Waals surface area contributed by atoms with Crippen molar-refractivity contribution in [3.8, 4) is 17.2 Å². The number of benzene rings is 3. The molecule has 156 valence electrons. The third-order valence-electron chi connectivity index (χ3n) is 4.52.